The number of alkyl halides is 1. The SMILES string of the molecule is C[C@H]1CC[C@H]2C(C)(C)C(=O)C(Cl)C[C@]23Oc2c(cc(C(N)=O)c4c2CNC4=O)C[C@]13C. The van der Waals surface area contributed by atoms with Gasteiger partial charge in [0.25, 0.3) is 5.91 Å². The van der Waals surface area contributed by atoms with Gasteiger partial charge >= 0.3 is 0 Å². The maximum Gasteiger partial charge on any atom is 0.252 e. The number of nitrogens with one attached hydrogen (secondary N) is 1. The van der Waals surface area contributed by atoms with Crippen molar-refractivity contribution in [3.8, 4) is 5.75 Å². The Morgan fingerprint density at radius 1 is 1.26 bits per heavy atom. The largest absolute Gasteiger partial charge is 0.486 e. The number of hydrogen-bond donors (Lipinski definition) is 2. The summed E-state index contributed by atoms with van der Waals surface area (Å²) in [6, 6.07) is 1.74. The second-order valence-corrected chi connectivity index (χ2v) is 11.2. The first-order chi connectivity index (χ1) is 14.4. The van der Waals surface area contributed by atoms with Crippen LogP contribution in [0.25, 0.3) is 0 Å². The molecule has 6 nitrogen and oxygen atoms in total. The quantitative estimate of drug-likeness (QED) is 0.649. The molecule has 2 saturated carbocycles. The van der Waals surface area contributed by atoms with E-state index in [0.717, 1.165) is 18.4 Å². The molecule has 2 heterocycles. The van der Waals surface area contributed by atoms with E-state index in [1.54, 1.807) is 6.07 Å². The number of rotatable bonds is 1. The maximum atomic E-state index is 13.1. The molecule has 2 fully saturated rings. The number of amides is 2. The minimum Gasteiger partial charge on any atom is -0.486 e. The number of hydrogen-bond acceptors (Lipinski definition) is 4. The predicted octanol–water partition coefficient (Wildman–Crippen LogP) is 3.36. The number of ketones is 1. The second-order valence-electron chi connectivity index (χ2n) is 10.7. The van der Waals surface area contributed by atoms with Crippen molar-refractivity contribution in [3.63, 3.8) is 0 Å². The Labute approximate surface area is 187 Å². The van der Waals surface area contributed by atoms with Gasteiger partial charge in [-0.05, 0) is 36.8 Å². The molecular formula is C24H29ClN2O4. The fourth-order valence-corrected chi connectivity index (χ4v) is 7.60. The van der Waals surface area contributed by atoms with E-state index in [1.165, 1.54) is 0 Å². The Morgan fingerprint density at radius 3 is 2.65 bits per heavy atom. The van der Waals surface area contributed by atoms with Crippen LogP contribution in [0.2, 0.25) is 0 Å². The average molecular weight is 445 g/mol. The van der Waals surface area contributed by atoms with E-state index in [9.17, 15) is 14.4 Å². The Morgan fingerprint density at radius 2 is 1.97 bits per heavy atom. The number of ether oxygens (including phenoxy) is 1. The molecule has 5 rings (SSSR count). The van der Waals surface area contributed by atoms with Crippen molar-refractivity contribution in [1.29, 1.82) is 0 Å². The lowest BCUT2D eigenvalue weighted by atomic mass is 9.44. The summed E-state index contributed by atoms with van der Waals surface area (Å²) in [5.41, 5.74) is 6.32. The van der Waals surface area contributed by atoms with Crippen LogP contribution in [-0.4, -0.2) is 28.6 Å². The molecule has 1 aromatic rings. The summed E-state index contributed by atoms with van der Waals surface area (Å²) >= 11 is 6.67. The molecule has 2 aliphatic carbocycles. The van der Waals surface area contributed by atoms with Gasteiger partial charge in [0.2, 0.25) is 5.91 Å². The zero-order valence-electron chi connectivity index (χ0n) is 18.4. The van der Waals surface area contributed by atoms with Gasteiger partial charge < -0.3 is 15.8 Å². The van der Waals surface area contributed by atoms with E-state index in [4.69, 9.17) is 22.1 Å². The van der Waals surface area contributed by atoms with E-state index in [1.807, 2.05) is 13.8 Å². The van der Waals surface area contributed by atoms with Crippen LogP contribution in [0.5, 0.6) is 5.75 Å². The first kappa shape index (κ1) is 20.8. The van der Waals surface area contributed by atoms with Crippen molar-refractivity contribution in [2.45, 2.75) is 70.9 Å². The summed E-state index contributed by atoms with van der Waals surface area (Å²) in [7, 11) is 0. The highest BCUT2D eigenvalue weighted by Gasteiger charge is 2.69. The average Bonchev–Trinajstić information content (AvgIpc) is 3.07. The van der Waals surface area contributed by atoms with Crippen LogP contribution >= 0.6 is 11.6 Å². The van der Waals surface area contributed by atoms with Crippen LogP contribution < -0.4 is 15.8 Å². The van der Waals surface area contributed by atoms with Crippen molar-refractivity contribution in [3.05, 3.63) is 28.3 Å². The number of halogens is 1. The molecule has 0 aromatic heterocycles. The Bertz CT molecular complexity index is 1050. The minimum atomic E-state index is -0.616. The fraction of sp³-hybridized carbons (Fsp3) is 0.625. The molecule has 0 bridgehead atoms. The van der Waals surface area contributed by atoms with Gasteiger partial charge in [0.15, 0.2) is 5.78 Å². The molecule has 4 aliphatic rings. The maximum absolute atomic E-state index is 13.1. The molecule has 1 aromatic carbocycles. The van der Waals surface area contributed by atoms with Gasteiger partial charge in [-0.3, -0.25) is 14.4 Å². The summed E-state index contributed by atoms with van der Waals surface area (Å²) in [6.45, 7) is 8.78. The van der Waals surface area contributed by atoms with Crippen LogP contribution in [0.4, 0.5) is 0 Å². The lowest BCUT2D eigenvalue weighted by Gasteiger charge is -2.66. The fourth-order valence-electron chi connectivity index (χ4n) is 7.09. The van der Waals surface area contributed by atoms with Crippen molar-refractivity contribution in [2.24, 2.45) is 28.4 Å². The summed E-state index contributed by atoms with van der Waals surface area (Å²) in [6.07, 6.45) is 3.04. The number of fused-ring (bicyclic) bond motifs is 3. The molecule has 2 aliphatic heterocycles. The van der Waals surface area contributed by atoms with Gasteiger partial charge in [0.05, 0.1) is 16.5 Å². The minimum absolute atomic E-state index is 0.0216. The first-order valence-corrected chi connectivity index (χ1v) is 11.5. The van der Waals surface area contributed by atoms with E-state index in [0.29, 0.717) is 42.2 Å². The molecule has 31 heavy (non-hydrogen) atoms. The molecule has 1 unspecified atom stereocenters. The molecule has 0 radical (unpaired) electrons. The Hall–Kier alpha value is -2.08. The predicted molar refractivity (Wildman–Crippen MR) is 116 cm³/mol. The molecular weight excluding hydrogens is 416 g/mol. The molecule has 2 amide bonds. The van der Waals surface area contributed by atoms with Crippen molar-refractivity contribution < 1.29 is 19.1 Å². The molecule has 5 atom stereocenters. The zero-order chi connectivity index (χ0) is 22.5. The van der Waals surface area contributed by atoms with Gasteiger partial charge in [-0.2, -0.15) is 0 Å². The second kappa shape index (κ2) is 6.25. The van der Waals surface area contributed by atoms with E-state index in [-0.39, 0.29) is 28.6 Å². The molecule has 7 heteroatoms. The number of Topliss-reactive ketones (excluding diaryl/α,β-unsaturated/α-hetero) is 1. The summed E-state index contributed by atoms with van der Waals surface area (Å²) in [5.74, 6) is 0.208. The standard InChI is InChI=1S/C24H29ClN2O4/c1-11-5-6-16-22(2,3)19(28)15(25)9-24(16)23(11,4)8-12-7-13(20(26)29)17-14(18(12)31-24)10-27-21(17)30/h7,11,15-16H,5-6,8-10H2,1-4H3,(H2,26,29)(H,27,30)/t11-,15?,16-,23+,24-/m0/s1. The molecule has 3 N–H and O–H groups in total. The van der Waals surface area contributed by atoms with E-state index >= 15 is 0 Å². The van der Waals surface area contributed by atoms with Crippen molar-refractivity contribution in [1.82, 2.24) is 5.32 Å². The molecule has 0 saturated heterocycles. The van der Waals surface area contributed by atoms with Crippen LogP contribution in [-0.2, 0) is 17.8 Å². The van der Waals surface area contributed by atoms with Gasteiger partial charge in [-0.15, -0.1) is 11.6 Å². The van der Waals surface area contributed by atoms with E-state index < -0.39 is 22.3 Å². The Kier molecular flexibility index (Phi) is 4.19. The summed E-state index contributed by atoms with van der Waals surface area (Å²) < 4.78 is 7.00. The highest BCUT2D eigenvalue weighted by Crippen LogP contribution is 2.66. The van der Waals surface area contributed by atoms with Gasteiger partial charge in [0.1, 0.15) is 11.4 Å². The summed E-state index contributed by atoms with van der Waals surface area (Å²) in [5, 5.41) is 2.20. The molecule has 166 valence electrons. The number of benzene rings is 1. The van der Waals surface area contributed by atoms with Crippen molar-refractivity contribution in [2.75, 3.05) is 0 Å². The number of nitrogens with two attached hydrogens (primary N) is 1. The monoisotopic (exact) mass is 444 g/mol. The third-order valence-corrected chi connectivity index (χ3v) is 9.35. The van der Waals surface area contributed by atoms with Crippen molar-refractivity contribution >= 4 is 29.2 Å². The van der Waals surface area contributed by atoms with Crippen LogP contribution in [0.3, 0.4) is 0 Å². The number of primary amides is 1. The van der Waals surface area contributed by atoms with Gasteiger partial charge in [-0.25, -0.2) is 0 Å². The number of carbonyl (C=O) groups is 3. The van der Waals surface area contributed by atoms with Crippen LogP contribution in [0.15, 0.2) is 6.07 Å². The first-order valence-electron chi connectivity index (χ1n) is 11.1. The Balaban J connectivity index is 1.76. The summed E-state index contributed by atoms with van der Waals surface area (Å²) in [4.78, 5) is 37.7. The normalized spacial score (nSPS) is 37.6. The molecule has 1 spiro atoms. The van der Waals surface area contributed by atoms with Crippen LogP contribution in [0.1, 0.15) is 78.8 Å². The van der Waals surface area contributed by atoms with E-state index in [2.05, 4.69) is 19.2 Å². The third kappa shape index (κ3) is 2.43. The zero-order valence-corrected chi connectivity index (χ0v) is 19.2. The highest BCUT2D eigenvalue weighted by molar-refractivity contribution is 6.32. The van der Waals surface area contributed by atoms with Crippen LogP contribution in [0, 0.1) is 22.7 Å². The smallest absolute Gasteiger partial charge is 0.252 e. The van der Waals surface area contributed by atoms with Gasteiger partial charge in [0, 0.05) is 35.3 Å². The van der Waals surface area contributed by atoms with Gasteiger partial charge in [-0.1, -0.05) is 27.7 Å². The lowest BCUT2D eigenvalue weighted by Crippen LogP contribution is -2.71. The third-order valence-electron chi connectivity index (χ3n) is 8.99. The highest BCUT2D eigenvalue weighted by atomic mass is 35.5. The topological polar surface area (TPSA) is 98.5 Å². The number of carbonyl (C=O) groups excluding carboxylic acids is 3. The lowest BCUT2D eigenvalue weighted by molar-refractivity contribution is -0.207.